The van der Waals surface area contributed by atoms with E-state index in [1.165, 1.54) is 36.5 Å². The Hall–Kier alpha value is -2.97. The van der Waals surface area contributed by atoms with E-state index >= 15 is 0 Å². The van der Waals surface area contributed by atoms with Gasteiger partial charge in [-0.25, -0.2) is 5.43 Å². The second-order valence-corrected chi connectivity index (χ2v) is 5.81. The van der Waals surface area contributed by atoms with Crippen molar-refractivity contribution in [3.63, 3.8) is 0 Å². The number of carbonyl (C=O) groups is 2. The Balaban J connectivity index is 1.86. The van der Waals surface area contributed by atoms with E-state index in [0.717, 1.165) is 0 Å². The van der Waals surface area contributed by atoms with Gasteiger partial charge in [0.05, 0.1) is 21.2 Å². The van der Waals surface area contributed by atoms with Gasteiger partial charge in [-0.1, -0.05) is 35.3 Å². The van der Waals surface area contributed by atoms with E-state index in [9.17, 15) is 19.7 Å². The Morgan fingerprint density at radius 3 is 2.58 bits per heavy atom. The van der Waals surface area contributed by atoms with E-state index < -0.39 is 23.2 Å². The van der Waals surface area contributed by atoms with Crippen LogP contribution in [0.4, 0.5) is 11.4 Å². The molecular weight excluding hydrogens is 383 g/mol. The molecule has 0 saturated heterocycles. The minimum absolute atomic E-state index is 0.0960. The van der Waals surface area contributed by atoms with Crippen LogP contribution in [0, 0.1) is 10.1 Å². The second-order valence-electron chi connectivity index (χ2n) is 5.00. The molecule has 0 atom stereocenters. The van der Waals surface area contributed by atoms with E-state index in [1.54, 1.807) is 12.1 Å². The predicted octanol–water partition coefficient (Wildman–Crippen LogP) is 3.38. The number of hydrogen-bond acceptors (Lipinski definition) is 5. The van der Waals surface area contributed by atoms with E-state index in [2.05, 4.69) is 15.8 Å². The van der Waals surface area contributed by atoms with Gasteiger partial charge in [0.25, 0.3) is 5.69 Å². The Morgan fingerprint density at radius 1 is 1.12 bits per heavy atom. The number of carbonyl (C=O) groups excluding carboxylic acids is 2. The van der Waals surface area contributed by atoms with Crippen molar-refractivity contribution in [2.24, 2.45) is 5.10 Å². The molecule has 0 bridgehead atoms. The maximum atomic E-state index is 11.8. The topological polar surface area (TPSA) is 114 Å². The molecule has 0 heterocycles. The normalized spacial score (nSPS) is 10.5. The molecule has 26 heavy (non-hydrogen) atoms. The largest absolute Gasteiger partial charge is 0.326 e. The lowest BCUT2D eigenvalue weighted by molar-refractivity contribution is -0.384. The first-order valence-corrected chi connectivity index (χ1v) is 7.92. The lowest BCUT2D eigenvalue weighted by Gasteiger charge is -2.05. The summed E-state index contributed by atoms with van der Waals surface area (Å²) in [6, 6.07) is 10.2. The van der Waals surface area contributed by atoms with Crippen LogP contribution in [0.5, 0.6) is 0 Å². The number of hydrazone groups is 1. The standard InChI is InChI=1S/C16H12Cl2N4O4/c17-13-5-4-11(7-14(13)18)20-15(23)8-16(24)21-19-9-10-2-1-3-12(6-10)22(25)26/h1-7,9H,8H2,(H,20,23)(H,21,24)/b19-9+. The number of benzene rings is 2. The van der Waals surface area contributed by atoms with E-state index in [1.807, 2.05) is 0 Å². The van der Waals surface area contributed by atoms with Gasteiger partial charge in [-0.2, -0.15) is 5.10 Å². The molecule has 0 spiro atoms. The molecule has 0 unspecified atom stereocenters. The molecule has 2 amide bonds. The Bertz CT molecular complexity index is 886. The zero-order valence-corrected chi connectivity index (χ0v) is 14.6. The van der Waals surface area contributed by atoms with Crippen LogP contribution in [0.25, 0.3) is 0 Å². The third kappa shape index (κ3) is 5.83. The van der Waals surface area contributed by atoms with Crippen LogP contribution in [0.3, 0.4) is 0 Å². The lowest BCUT2D eigenvalue weighted by Crippen LogP contribution is -2.24. The molecule has 0 radical (unpaired) electrons. The number of rotatable bonds is 6. The van der Waals surface area contributed by atoms with Gasteiger partial charge in [-0.3, -0.25) is 19.7 Å². The van der Waals surface area contributed by atoms with Gasteiger partial charge in [-0.05, 0) is 18.2 Å². The fraction of sp³-hybridized carbons (Fsp3) is 0.0625. The minimum atomic E-state index is -0.649. The van der Waals surface area contributed by atoms with E-state index in [-0.39, 0.29) is 10.7 Å². The smallest absolute Gasteiger partial charge is 0.270 e. The van der Waals surface area contributed by atoms with Crippen LogP contribution in [0.2, 0.25) is 10.0 Å². The molecule has 0 aliphatic carbocycles. The number of anilines is 1. The monoisotopic (exact) mass is 394 g/mol. The molecule has 0 aromatic heterocycles. The molecule has 134 valence electrons. The summed E-state index contributed by atoms with van der Waals surface area (Å²) >= 11 is 11.6. The van der Waals surface area contributed by atoms with Crippen molar-refractivity contribution in [3.8, 4) is 0 Å². The van der Waals surface area contributed by atoms with Crippen molar-refractivity contribution >= 4 is 52.6 Å². The summed E-state index contributed by atoms with van der Waals surface area (Å²) in [5, 5.41) is 17.5. The Kier molecular flexibility index (Phi) is 6.65. The van der Waals surface area contributed by atoms with Gasteiger partial charge in [0.15, 0.2) is 0 Å². The number of non-ortho nitro benzene ring substituents is 1. The second kappa shape index (κ2) is 8.93. The van der Waals surface area contributed by atoms with Crippen LogP contribution in [0.15, 0.2) is 47.6 Å². The predicted molar refractivity (Wildman–Crippen MR) is 98.5 cm³/mol. The van der Waals surface area contributed by atoms with Crippen LogP contribution in [0.1, 0.15) is 12.0 Å². The number of nitro groups is 1. The highest BCUT2D eigenvalue weighted by atomic mass is 35.5. The molecule has 2 rings (SSSR count). The van der Waals surface area contributed by atoms with Crippen LogP contribution < -0.4 is 10.7 Å². The average Bonchev–Trinajstić information content (AvgIpc) is 2.58. The maximum Gasteiger partial charge on any atom is 0.270 e. The first-order chi connectivity index (χ1) is 12.3. The summed E-state index contributed by atoms with van der Waals surface area (Å²) < 4.78 is 0. The highest BCUT2D eigenvalue weighted by molar-refractivity contribution is 6.42. The molecule has 0 saturated carbocycles. The fourth-order valence-electron chi connectivity index (χ4n) is 1.86. The van der Waals surface area contributed by atoms with Gasteiger partial charge in [0.1, 0.15) is 6.42 Å². The summed E-state index contributed by atoms with van der Waals surface area (Å²) in [5.41, 5.74) is 2.90. The molecule has 2 aromatic rings. The number of nitrogens with zero attached hydrogens (tertiary/aromatic N) is 2. The molecule has 0 aliphatic rings. The summed E-state index contributed by atoms with van der Waals surface area (Å²) in [7, 11) is 0. The molecule has 8 nitrogen and oxygen atoms in total. The SMILES string of the molecule is O=C(CC(=O)Nc1ccc(Cl)c(Cl)c1)N/N=C/c1cccc([N+](=O)[O-])c1. The molecular formula is C16H12Cl2N4O4. The first-order valence-electron chi connectivity index (χ1n) is 7.16. The minimum Gasteiger partial charge on any atom is -0.326 e. The molecule has 10 heteroatoms. The quantitative estimate of drug-likeness (QED) is 0.338. The highest BCUT2D eigenvalue weighted by Gasteiger charge is 2.10. The van der Waals surface area contributed by atoms with E-state index in [4.69, 9.17) is 23.2 Å². The first kappa shape index (κ1) is 19.4. The number of hydrogen-bond donors (Lipinski definition) is 2. The zero-order valence-electron chi connectivity index (χ0n) is 13.1. The summed E-state index contributed by atoms with van der Waals surface area (Å²) in [4.78, 5) is 33.6. The molecule has 0 aliphatic heterocycles. The summed E-state index contributed by atoms with van der Waals surface area (Å²) in [6.45, 7) is 0. The van der Waals surface area contributed by atoms with Crippen molar-refractivity contribution in [3.05, 3.63) is 68.2 Å². The van der Waals surface area contributed by atoms with Crippen molar-refractivity contribution < 1.29 is 14.5 Å². The number of nitro benzene ring substituents is 1. The molecule has 0 fully saturated rings. The van der Waals surface area contributed by atoms with E-state index in [0.29, 0.717) is 16.3 Å². The van der Waals surface area contributed by atoms with Crippen molar-refractivity contribution in [2.75, 3.05) is 5.32 Å². The zero-order chi connectivity index (χ0) is 19.1. The third-order valence-electron chi connectivity index (χ3n) is 3.01. The highest BCUT2D eigenvalue weighted by Crippen LogP contribution is 2.25. The average molecular weight is 395 g/mol. The van der Waals surface area contributed by atoms with Gasteiger partial charge in [0, 0.05) is 23.4 Å². The lowest BCUT2D eigenvalue weighted by atomic mass is 10.2. The van der Waals surface area contributed by atoms with Gasteiger partial charge in [0.2, 0.25) is 11.8 Å². The van der Waals surface area contributed by atoms with Crippen LogP contribution in [-0.2, 0) is 9.59 Å². The fourth-order valence-corrected chi connectivity index (χ4v) is 2.16. The van der Waals surface area contributed by atoms with Crippen molar-refractivity contribution in [2.45, 2.75) is 6.42 Å². The summed E-state index contributed by atoms with van der Waals surface area (Å²) in [6.07, 6.45) is 0.772. The number of halogens is 2. The Labute approximate surface area is 157 Å². The van der Waals surface area contributed by atoms with Crippen molar-refractivity contribution in [1.82, 2.24) is 5.43 Å². The van der Waals surface area contributed by atoms with Crippen molar-refractivity contribution in [1.29, 1.82) is 0 Å². The van der Waals surface area contributed by atoms with Gasteiger partial charge >= 0.3 is 0 Å². The molecule has 2 aromatic carbocycles. The van der Waals surface area contributed by atoms with Crippen LogP contribution >= 0.6 is 23.2 Å². The summed E-state index contributed by atoms with van der Waals surface area (Å²) in [5.74, 6) is -1.21. The number of amides is 2. The van der Waals surface area contributed by atoms with Crippen LogP contribution in [-0.4, -0.2) is 23.0 Å². The molecule has 2 N–H and O–H groups in total. The van der Waals surface area contributed by atoms with Gasteiger partial charge in [-0.15, -0.1) is 0 Å². The Morgan fingerprint density at radius 2 is 1.88 bits per heavy atom. The maximum absolute atomic E-state index is 11.8. The van der Waals surface area contributed by atoms with Gasteiger partial charge < -0.3 is 5.32 Å². The third-order valence-corrected chi connectivity index (χ3v) is 3.75. The number of nitrogens with one attached hydrogen (secondary N) is 2.